The van der Waals surface area contributed by atoms with Gasteiger partial charge in [-0.2, -0.15) is 0 Å². The third kappa shape index (κ3) is 7.65. The van der Waals surface area contributed by atoms with Crippen LogP contribution in [-0.4, -0.2) is 62.0 Å². The van der Waals surface area contributed by atoms with Gasteiger partial charge in [0, 0.05) is 37.7 Å². The number of piperidine rings is 1. The lowest BCUT2D eigenvalue weighted by molar-refractivity contribution is -0.134. The van der Waals surface area contributed by atoms with E-state index in [1.165, 1.54) is 6.42 Å². The van der Waals surface area contributed by atoms with Crippen molar-refractivity contribution < 1.29 is 23.9 Å². The fraction of sp³-hybridized carbons (Fsp3) is 0.640. The zero-order valence-corrected chi connectivity index (χ0v) is 19.7. The summed E-state index contributed by atoms with van der Waals surface area (Å²) in [4.78, 5) is 39.0. The molecule has 0 atom stereocenters. The van der Waals surface area contributed by atoms with E-state index in [4.69, 9.17) is 9.47 Å². The van der Waals surface area contributed by atoms with Crippen LogP contribution in [0.25, 0.3) is 0 Å². The van der Waals surface area contributed by atoms with E-state index < -0.39 is 0 Å². The molecule has 1 saturated heterocycles. The molecule has 1 saturated carbocycles. The van der Waals surface area contributed by atoms with Crippen LogP contribution in [0.4, 0.5) is 0 Å². The molecule has 3 amide bonds. The lowest BCUT2D eigenvalue weighted by Crippen LogP contribution is -2.38. The Morgan fingerprint density at radius 2 is 1.61 bits per heavy atom. The van der Waals surface area contributed by atoms with Gasteiger partial charge in [-0.25, -0.2) is 0 Å². The fourth-order valence-electron chi connectivity index (χ4n) is 4.38. The molecule has 8 nitrogen and oxygen atoms in total. The molecule has 0 spiro atoms. The van der Waals surface area contributed by atoms with Crippen molar-refractivity contribution in [2.24, 2.45) is 5.92 Å². The molecule has 1 aromatic rings. The molecule has 0 radical (unpaired) electrons. The van der Waals surface area contributed by atoms with Crippen LogP contribution in [0.5, 0.6) is 11.5 Å². The van der Waals surface area contributed by atoms with Crippen molar-refractivity contribution in [2.45, 2.75) is 58.3 Å². The third-order valence-corrected chi connectivity index (χ3v) is 6.25. The summed E-state index contributed by atoms with van der Waals surface area (Å²) in [7, 11) is 0. The van der Waals surface area contributed by atoms with Gasteiger partial charge in [0.25, 0.3) is 11.8 Å². The summed E-state index contributed by atoms with van der Waals surface area (Å²) < 4.78 is 11.4. The number of hydrogen-bond acceptors (Lipinski definition) is 5. The van der Waals surface area contributed by atoms with Gasteiger partial charge in [0.15, 0.2) is 18.1 Å². The van der Waals surface area contributed by atoms with E-state index in [9.17, 15) is 14.4 Å². The maximum atomic E-state index is 12.6. The molecule has 182 valence electrons. The highest BCUT2D eigenvalue weighted by molar-refractivity contribution is 5.95. The average Bonchev–Trinajstić information content (AvgIpc) is 2.86. The van der Waals surface area contributed by atoms with Crippen molar-refractivity contribution in [3.8, 4) is 11.5 Å². The highest BCUT2D eigenvalue weighted by Crippen LogP contribution is 2.29. The third-order valence-electron chi connectivity index (χ3n) is 6.25. The number of benzene rings is 1. The molecule has 2 aliphatic rings. The summed E-state index contributed by atoms with van der Waals surface area (Å²) >= 11 is 0. The maximum absolute atomic E-state index is 12.6. The van der Waals surface area contributed by atoms with Crippen molar-refractivity contribution in [3.05, 3.63) is 23.8 Å². The molecule has 0 unspecified atom stereocenters. The van der Waals surface area contributed by atoms with Crippen molar-refractivity contribution in [1.29, 1.82) is 0 Å². The first-order chi connectivity index (χ1) is 16.1. The van der Waals surface area contributed by atoms with Gasteiger partial charge in [-0.05, 0) is 57.2 Å². The molecule has 0 bridgehead atoms. The molecular formula is C25H37N3O5. The van der Waals surface area contributed by atoms with E-state index in [0.717, 1.165) is 58.0 Å². The van der Waals surface area contributed by atoms with E-state index in [1.807, 2.05) is 11.8 Å². The van der Waals surface area contributed by atoms with Gasteiger partial charge in [-0.1, -0.05) is 19.3 Å². The van der Waals surface area contributed by atoms with Crippen molar-refractivity contribution >= 4 is 17.7 Å². The van der Waals surface area contributed by atoms with Gasteiger partial charge in [0.2, 0.25) is 5.91 Å². The Bertz CT molecular complexity index is 801. The first kappa shape index (κ1) is 24.9. The lowest BCUT2D eigenvalue weighted by Gasteiger charge is -2.26. The molecular weight excluding hydrogens is 422 g/mol. The summed E-state index contributed by atoms with van der Waals surface area (Å²) in [5, 5.41) is 5.75. The highest BCUT2D eigenvalue weighted by atomic mass is 16.5. The van der Waals surface area contributed by atoms with Gasteiger partial charge in [0.1, 0.15) is 0 Å². The highest BCUT2D eigenvalue weighted by Gasteiger charge is 2.21. The van der Waals surface area contributed by atoms with E-state index in [0.29, 0.717) is 36.8 Å². The van der Waals surface area contributed by atoms with Crippen molar-refractivity contribution in [1.82, 2.24) is 15.5 Å². The Balaban J connectivity index is 1.47. The van der Waals surface area contributed by atoms with Gasteiger partial charge >= 0.3 is 0 Å². The minimum atomic E-state index is -0.251. The molecule has 1 heterocycles. The number of nitrogens with one attached hydrogen (secondary N) is 2. The van der Waals surface area contributed by atoms with Gasteiger partial charge < -0.3 is 25.0 Å². The minimum absolute atomic E-state index is 0.0331. The molecule has 2 N–H and O–H groups in total. The smallest absolute Gasteiger partial charge is 0.260 e. The number of carbonyl (C=O) groups excluding carboxylic acids is 3. The predicted octanol–water partition coefficient (Wildman–Crippen LogP) is 2.90. The van der Waals surface area contributed by atoms with Gasteiger partial charge in [-0.15, -0.1) is 0 Å². The Morgan fingerprint density at radius 1 is 0.909 bits per heavy atom. The molecule has 1 aliphatic heterocycles. The fourth-order valence-corrected chi connectivity index (χ4v) is 4.38. The Hall–Kier alpha value is -2.77. The molecule has 1 aromatic carbocycles. The van der Waals surface area contributed by atoms with Crippen LogP contribution in [0.15, 0.2) is 18.2 Å². The van der Waals surface area contributed by atoms with Crippen LogP contribution in [0, 0.1) is 5.92 Å². The van der Waals surface area contributed by atoms with E-state index in [2.05, 4.69) is 10.6 Å². The number of carbonyl (C=O) groups is 3. The number of nitrogens with zero attached hydrogens (tertiary/aromatic N) is 1. The maximum Gasteiger partial charge on any atom is 0.260 e. The molecule has 0 aromatic heterocycles. The minimum Gasteiger partial charge on any atom is -0.490 e. The molecule has 8 heteroatoms. The number of hydrogen-bond donors (Lipinski definition) is 2. The monoisotopic (exact) mass is 459 g/mol. The van der Waals surface area contributed by atoms with Gasteiger partial charge in [-0.3, -0.25) is 14.4 Å². The van der Waals surface area contributed by atoms with Crippen molar-refractivity contribution in [3.63, 3.8) is 0 Å². The van der Waals surface area contributed by atoms with Crippen LogP contribution < -0.4 is 20.1 Å². The van der Waals surface area contributed by atoms with E-state index in [-0.39, 0.29) is 30.2 Å². The predicted molar refractivity (Wildman–Crippen MR) is 125 cm³/mol. The SMILES string of the molecule is CCOc1cc(C(=O)NCCNC(=O)C2CCCCC2)ccc1OCC(=O)N1CCCCC1. The second-order valence-corrected chi connectivity index (χ2v) is 8.71. The van der Waals surface area contributed by atoms with E-state index >= 15 is 0 Å². The summed E-state index contributed by atoms with van der Waals surface area (Å²) in [6, 6.07) is 4.94. The summed E-state index contributed by atoms with van der Waals surface area (Å²) in [6.45, 7) is 4.52. The zero-order chi connectivity index (χ0) is 23.5. The van der Waals surface area contributed by atoms with Crippen LogP contribution in [-0.2, 0) is 9.59 Å². The lowest BCUT2D eigenvalue weighted by atomic mass is 9.89. The number of amides is 3. The second-order valence-electron chi connectivity index (χ2n) is 8.71. The van der Waals surface area contributed by atoms with Crippen LogP contribution in [0.2, 0.25) is 0 Å². The van der Waals surface area contributed by atoms with Crippen LogP contribution in [0.1, 0.15) is 68.6 Å². The topological polar surface area (TPSA) is 97.0 Å². The second kappa shape index (κ2) is 13.1. The first-order valence-electron chi connectivity index (χ1n) is 12.3. The first-order valence-corrected chi connectivity index (χ1v) is 12.3. The number of rotatable bonds is 10. The average molecular weight is 460 g/mol. The normalized spacial score (nSPS) is 16.7. The molecule has 1 aliphatic carbocycles. The standard InChI is InChI=1S/C25H37N3O5/c1-2-32-22-17-20(11-12-21(22)33-18-23(29)28-15-7-4-8-16-28)25(31)27-14-13-26-24(30)19-9-5-3-6-10-19/h11-12,17,19H,2-10,13-16,18H2,1H3,(H,26,30)(H,27,31). The Labute approximate surface area is 196 Å². The van der Waals surface area contributed by atoms with E-state index in [1.54, 1.807) is 18.2 Å². The number of likely N-dealkylation sites (tertiary alicyclic amines) is 1. The largest absolute Gasteiger partial charge is 0.490 e. The number of ether oxygens (including phenoxy) is 2. The summed E-state index contributed by atoms with van der Waals surface area (Å²) in [6.07, 6.45) is 8.57. The Kier molecular flexibility index (Phi) is 9.84. The summed E-state index contributed by atoms with van der Waals surface area (Å²) in [5.74, 6) is 0.787. The molecule has 33 heavy (non-hydrogen) atoms. The van der Waals surface area contributed by atoms with Crippen LogP contribution >= 0.6 is 0 Å². The summed E-state index contributed by atoms with van der Waals surface area (Å²) in [5.41, 5.74) is 0.437. The zero-order valence-electron chi connectivity index (χ0n) is 19.7. The Morgan fingerprint density at radius 3 is 2.33 bits per heavy atom. The van der Waals surface area contributed by atoms with Crippen molar-refractivity contribution in [2.75, 3.05) is 39.4 Å². The molecule has 3 rings (SSSR count). The van der Waals surface area contributed by atoms with Crippen LogP contribution in [0.3, 0.4) is 0 Å². The van der Waals surface area contributed by atoms with Gasteiger partial charge in [0.05, 0.1) is 6.61 Å². The quantitative estimate of drug-likeness (QED) is 0.525. The molecule has 2 fully saturated rings.